The van der Waals surface area contributed by atoms with E-state index in [1.54, 1.807) is 4.52 Å². The van der Waals surface area contributed by atoms with Crippen LogP contribution in [0.3, 0.4) is 0 Å². The number of fused-ring (bicyclic) bond motifs is 1. The van der Waals surface area contributed by atoms with Crippen molar-refractivity contribution in [2.24, 2.45) is 5.73 Å². The SMILES string of the molecule is NCCc1cn2nc(NCc3cc[nH]c3)ccc2n1. The lowest BCUT2D eigenvalue weighted by molar-refractivity contribution is 0.909. The second-order valence-electron chi connectivity index (χ2n) is 4.37. The van der Waals surface area contributed by atoms with Gasteiger partial charge >= 0.3 is 0 Å². The number of H-pyrrole nitrogens is 1. The van der Waals surface area contributed by atoms with Crippen LogP contribution in [0.1, 0.15) is 11.3 Å². The topological polar surface area (TPSA) is 84.0 Å². The monoisotopic (exact) mass is 256 g/mol. The maximum atomic E-state index is 5.53. The van der Waals surface area contributed by atoms with Crippen LogP contribution in [0.4, 0.5) is 5.82 Å². The molecule has 4 N–H and O–H groups in total. The van der Waals surface area contributed by atoms with Gasteiger partial charge in [-0.05, 0) is 30.3 Å². The van der Waals surface area contributed by atoms with Gasteiger partial charge in [-0.2, -0.15) is 0 Å². The van der Waals surface area contributed by atoms with Gasteiger partial charge in [0.1, 0.15) is 5.82 Å². The van der Waals surface area contributed by atoms with Crippen molar-refractivity contribution in [3.05, 3.63) is 48.0 Å². The zero-order valence-corrected chi connectivity index (χ0v) is 10.5. The van der Waals surface area contributed by atoms with Gasteiger partial charge in [-0.25, -0.2) is 9.50 Å². The van der Waals surface area contributed by atoms with E-state index in [4.69, 9.17) is 5.73 Å². The van der Waals surface area contributed by atoms with E-state index in [1.165, 1.54) is 5.56 Å². The molecular weight excluding hydrogens is 240 g/mol. The predicted octanol–water partition coefficient (Wildman–Crippen LogP) is 1.17. The fraction of sp³-hybridized carbons (Fsp3) is 0.231. The third-order valence-corrected chi connectivity index (χ3v) is 2.91. The zero-order valence-electron chi connectivity index (χ0n) is 10.5. The molecule has 6 nitrogen and oxygen atoms in total. The highest BCUT2D eigenvalue weighted by molar-refractivity contribution is 5.45. The molecule has 0 saturated carbocycles. The van der Waals surface area contributed by atoms with Crippen LogP contribution >= 0.6 is 0 Å². The molecule has 3 aromatic heterocycles. The number of imidazole rings is 1. The van der Waals surface area contributed by atoms with Crippen molar-refractivity contribution in [3.8, 4) is 0 Å². The van der Waals surface area contributed by atoms with Crippen LogP contribution < -0.4 is 11.1 Å². The molecule has 0 aliphatic rings. The number of anilines is 1. The highest BCUT2D eigenvalue weighted by Crippen LogP contribution is 2.09. The van der Waals surface area contributed by atoms with E-state index in [0.29, 0.717) is 6.54 Å². The number of rotatable bonds is 5. The van der Waals surface area contributed by atoms with Gasteiger partial charge in [0.15, 0.2) is 5.65 Å². The lowest BCUT2D eigenvalue weighted by Gasteiger charge is -2.03. The number of nitrogens with one attached hydrogen (secondary N) is 2. The molecule has 19 heavy (non-hydrogen) atoms. The van der Waals surface area contributed by atoms with Crippen LogP contribution in [0.15, 0.2) is 36.8 Å². The number of hydrogen-bond acceptors (Lipinski definition) is 4. The molecule has 3 rings (SSSR count). The minimum atomic E-state index is 0.600. The molecule has 98 valence electrons. The third-order valence-electron chi connectivity index (χ3n) is 2.91. The smallest absolute Gasteiger partial charge is 0.153 e. The van der Waals surface area contributed by atoms with E-state index < -0.39 is 0 Å². The molecule has 0 aliphatic carbocycles. The number of hydrogen-bond donors (Lipinski definition) is 3. The Balaban J connectivity index is 1.77. The molecule has 3 heterocycles. The number of aromatic amines is 1. The first-order valence-electron chi connectivity index (χ1n) is 6.26. The van der Waals surface area contributed by atoms with Crippen LogP contribution in [0.25, 0.3) is 5.65 Å². The largest absolute Gasteiger partial charge is 0.367 e. The summed E-state index contributed by atoms with van der Waals surface area (Å²) in [5, 5.41) is 7.75. The fourth-order valence-corrected chi connectivity index (χ4v) is 1.95. The Kier molecular flexibility index (Phi) is 3.16. The Hall–Kier alpha value is -2.34. The lowest BCUT2D eigenvalue weighted by Crippen LogP contribution is -2.03. The molecular formula is C13H16N6. The minimum absolute atomic E-state index is 0.600. The van der Waals surface area contributed by atoms with Crippen molar-refractivity contribution in [2.75, 3.05) is 11.9 Å². The Morgan fingerprint density at radius 2 is 2.26 bits per heavy atom. The van der Waals surface area contributed by atoms with Crippen molar-refractivity contribution < 1.29 is 0 Å². The van der Waals surface area contributed by atoms with E-state index in [-0.39, 0.29) is 0 Å². The highest BCUT2D eigenvalue weighted by atomic mass is 15.3. The summed E-state index contributed by atoms with van der Waals surface area (Å²) >= 11 is 0. The van der Waals surface area contributed by atoms with Crippen LogP contribution in [0.5, 0.6) is 0 Å². The first-order chi connectivity index (χ1) is 9.35. The van der Waals surface area contributed by atoms with E-state index in [1.807, 2.05) is 36.8 Å². The van der Waals surface area contributed by atoms with Gasteiger partial charge < -0.3 is 16.0 Å². The van der Waals surface area contributed by atoms with Crippen molar-refractivity contribution in [1.29, 1.82) is 0 Å². The van der Waals surface area contributed by atoms with Crippen LogP contribution in [0.2, 0.25) is 0 Å². The number of aromatic nitrogens is 4. The second kappa shape index (κ2) is 5.11. The Bertz CT molecular complexity index is 655. The van der Waals surface area contributed by atoms with E-state index >= 15 is 0 Å². The molecule has 3 aromatic rings. The summed E-state index contributed by atoms with van der Waals surface area (Å²) < 4.78 is 1.78. The molecule has 0 spiro atoms. The second-order valence-corrected chi connectivity index (χ2v) is 4.37. The normalized spacial score (nSPS) is 11.0. The van der Waals surface area contributed by atoms with E-state index in [9.17, 15) is 0 Å². The molecule has 6 heteroatoms. The standard InChI is InChI=1S/C13H16N6/c14-5-3-11-9-19-13(17-11)2-1-12(18-19)16-8-10-4-6-15-7-10/h1-2,4,6-7,9,15H,3,5,8,14H2,(H,16,18). The Morgan fingerprint density at radius 3 is 3.05 bits per heavy atom. The summed E-state index contributed by atoms with van der Waals surface area (Å²) in [7, 11) is 0. The average molecular weight is 256 g/mol. The molecule has 0 bridgehead atoms. The minimum Gasteiger partial charge on any atom is -0.367 e. The van der Waals surface area contributed by atoms with Gasteiger partial charge in [0.25, 0.3) is 0 Å². The van der Waals surface area contributed by atoms with Crippen LogP contribution in [-0.4, -0.2) is 26.1 Å². The van der Waals surface area contributed by atoms with Crippen LogP contribution in [-0.2, 0) is 13.0 Å². The number of nitrogens with zero attached hydrogens (tertiary/aromatic N) is 3. The summed E-state index contributed by atoms with van der Waals surface area (Å²) in [6.07, 6.45) is 6.56. The predicted molar refractivity (Wildman–Crippen MR) is 73.9 cm³/mol. The maximum Gasteiger partial charge on any atom is 0.153 e. The molecule has 0 unspecified atom stereocenters. The molecule has 0 atom stereocenters. The van der Waals surface area contributed by atoms with Crippen molar-refractivity contribution in [3.63, 3.8) is 0 Å². The van der Waals surface area contributed by atoms with Crippen LogP contribution in [0, 0.1) is 0 Å². The highest BCUT2D eigenvalue weighted by Gasteiger charge is 2.03. The summed E-state index contributed by atoms with van der Waals surface area (Å²) in [5.74, 6) is 0.824. The first kappa shape index (κ1) is 11.7. The first-order valence-corrected chi connectivity index (χ1v) is 6.26. The quantitative estimate of drug-likeness (QED) is 0.640. The third kappa shape index (κ3) is 2.58. The molecule has 0 saturated heterocycles. The molecule has 0 amide bonds. The van der Waals surface area contributed by atoms with Gasteiger partial charge in [0, 0.05) is 25.4 Å². The Labute approximate surface area is 110 Å². The summed E-state index contributed by atoms with van der Waals surface area (Å²) in [5.41, 5.74) is 8.53. The Morgan fingerprint density at radius 1 is 1.32 bits per heavy atom. The van der Waals surface area contributed by atoms with E-state index in [0.717, 1.165) is 30.1 Å². The van der Waals surface area contributed by atoms with Gasteiger partial charge in [0.2, 0.25) is 0 Å². The molecule has 0 aliphatic heterocycles. The fourth-order valence-electron chi connectivity index (χ4n) is 1.95. The molecule has 0 aromatic carbocycles. The summed E-state index contributed by atoms with van der Waals surface area (Å²) in [6, 6.07) is 5.91. The zero-order chi connectivity index (χ0) is 13.1. The summed E-state index contributed by atoms with van der Waals surface area (Å²) in [4.78, 5) is 7.47. The average Bonchev–Trinajstić information content (AvgIpc) is 3.05. The van der Waals surface area contributed by atoms with Gasteiger partial charge in [-0.3, -0.25) is 0 Å². The van der Waals surface area contributed by atoms with Crippen molar-refractivity contribution >= 4 is 11.5 Å². The van der Waals surface area contributed by atoms with Gasteiger partial charge in [-0.1, -0.05) is 0 Å². The number of nitrogens with two attached hydrogens (primary N) is 1. The maximum absolute atomic E-state index is 5.53. The van der Waals surface area contributed by atoms with E-state index in [2.05, 4.69) is 20.4 Å². The van der Waals surface area contributed by atoms with Crippen molar-refractivity contribution in [1.82, 2.24) is 19.6 Å². The molecule has 0 radical (unpaired) electrons. The van der Waals surface area contributed by atoms with Gasteiger partial charge in [-0.15, -0.1) is 5.10 Å². The summed E-state index contributed by atoms with van der Waals surface area (Å²) in [6.45, 7) is 1.34. The van der Waals surface area contributed by atoms with Gasteiger partial charge in [0.05, 0.1) is 11.9 Å². The lowest BCUT2D eigenvalue weighted by atomic mass is 10.3. The van der Waals surface area contributed by atoms with Crippen molar-refractivity contribution in [2.45, 2.75) is 13.0 Å². The molecule has 0 fully saturated rings.